The number of benzene rings is 1. The number of hydrogen-bond acceptors (Lipinski definition) is 3. The number of aryl methyl sites for hydroxylation is 2. The second-order valence-corrected chi connectivity index (χ2v) is 5.16. The lowest BCUT2D eigenvalue weighted by atomic mass is 10.1. The summed E-state index contributed by atoms with van der Waals surface area (Å²) in [5, 5.41) is 15.8. The van der Waals surface area contributed by atoms with Crippen molar-refractivity contribution in [3.63, 3.8) is 0 Å². The Morgan fingerprint density at radius 3 is 2.60 bits per heavy atom. The summed E-state index contributed by atoms with van der Waals surface area (Å²) in [7, 11) is 1.65. The second-order valence-electron chi connectivity index (χ2n) is 4.24. The zero-order valence-corrected chi connectivity index (χ0v) is 12.4. The minimum absolute atomic E-state index is 0.0282. The molecule has 0 unspecified atom stereocenters. The Kier molecular flexibility index (Phi) is 3.89. The molecule has 1 heterocycles. The van der Waals surface area contributed by atoms with E-state index in [0.29, 0.717) is 15.9 Å². The van der Waals surface area contributed by atoms with E-state index in [1.54, 1.807) is 32.2 Å². The summed E-state index contributed by atoms with van der Waals surface area (Å²) in [4.78, 5) is 23.3. The molecule has 0 bridgehead atoms. The Labute approximate surface area is 123 Å². The molecule has 0 radical (unpaired) electrons. The normalized spacial score (nSPS) is 10.3. The third kappa shape index (κ3) is 2.88. The van der Waals surface area contributed by atoms with Crippen LogP contribution in [0.4, 0.5) is 5.69 Å². The minimum atomic E-state index is -1.10. The summed E-state index contributed by atoms with van der Waals surface area (Å²) in [5.74, 6) is -1.51. The quantitative estimate of drug-likeness (QED) is 0.900. The van der Waals surface area contributed by atoms with Crippen molar-refractivity contribution >= 4 is 33.5 Å². The highest BCUT2D eigenvalue weighted by atomic mass is 79.9. The van der Waals surface area contributed by atoms with Crippen molar-refractivity contribution in [3.05, 3.63) is 45.7 Å². The van der Waals surface area contributed by atoms with Gasteiger partial charge in [-0.3, -0.25) is 9.48 Å². The van der Waals surface area contributed by atoms with E-state index in [2.05, 4.69) is 26.3 Å². The van der Waals surface area contributed by atoms with Crippen LogP contribution < -0.4 is 5.32 Å². The maximum absolute atomic E-state index is 12.2. The zero-order valence-electron chi connectivity index (χ0n) is 10.8. The molecule has 0 aliphatic carbocycles. The van der Waals surface area contributed by atoms with Crippen LogP contribution in [0.2, 0.25) is 0 Å². The van der Waals surface area contributed by atoms with Crippen LogP contribution in [0.25, 0.3) is 0 Å². The van der Waals surface area contributed by atoms with Gasteiger partial charge >= 0.3 is 5.97 Å². The van der Waals surface area contributed by atoms with E-state index < -0.39 is 11.9 Å². The largest absolute Gasteiger partial charge is 0.478 e. The molecule has 0 aliphatic rings. The molecule has 1 aromatic heterocycles. The van der Waals surface area contributed by atoms with Gasteiger partial charge in [0.1, 0.15) is 5.69 Å². The smallest absolute Gasteiger partial charge is 0.337 e. The number of amides is 1. The van der Waals surface area contributed by atoms with Crippen molar-refractivity contribution in [3.8, 4) is 0 Å². The summed E-state index contributed by atoms with van der Waals surface area (Å²) < 4.78 is 2.13. The van der Waals surface area contributed by atoms with E-state index in [1.807, 2.05) is 0 Å². The lowest BCUT2D eigenvalue weighted by Gasteiger charge is -2.09. The van der Waals surface area contributed by atoms with E-state index in [-0.39, 0.29) is 11.3 Å². The van der Waals surface area contributed by atoms with Crippen molar-refractivity contribution in [2.24, 2.45) is 7.05 Å². The first-order valence-corrected chi connectivity index (χ1v) is 6.52. The Morgan fingerprint density at radius 1 is 1.35 bits per heavy atom. The van der Waals surface area contributed by atoms with Crippen LogP contribution in [0.3, 0.4) is 0 Å². The number of rotatable bonds is 3. The highest BCUT2D eigenvalue weighted by Crippen LogP contribution is 2.22. The molecule has 2 aromatic rings. The predicted molar refractivity (Wildman–Crippen MR) is 77.0 cm³/mol. The maximum atomic E-state index is 12.2. The Bertz CT molecular complexity index is 694. The van der Waals surface area contributed by atoms with Crippen molar-refractivity contribution in [2.45, 2.75) is 6.92 Å². The van der Waals surface area contributed by atoms with Gasteiger partial charge in [-0.25, -0.2) is 4.79 Å². The molecule has 7 heteroatoms. The number of carboxylic acid groups (broad SMARTS) is 1. The number of aromatic nitrogens is 2. The number of carbonyl (C=O) groups excluding carboxylic acids is 1. The van der Waals surface area contributed by atoms with E-state index in [4.69, 9.17) is 5.11 Å². The molecule has 2 rings (SSSR count). The summed E-state index contributed by atoms with van der Waals surface area (Å²) in [6.45, 7) is 1.78. The summed E-state index contributed by atoms with van der Waals surface area (Å²) in [6, 6.07) is 6.21. The molecule has 0 aliphatic heterocycles. The molecule has 1 amide bonds. The number of halogens is 1. The summed E-state index contributed by atoms with van der Waals surface area (Å²) >= 11 is 3.25. The van der Waals surface area contributed by atoms with Crippen LogP contribution in [0.5, 0.6) is 0 Å². The van der Waals surface area contributed by atoms with Crippen molar-refractivity contribution in [1.82, 2.24) is 9.78 Å². The van der Waals surface area contributed by atoms with E-state index in [0.717, 1.165) is 0 Å². The molecule has 2 N–H and O–H groups in total. The first-order valence-electron chi connectivity index (χ1n) is 5.73. The molecule has 0 atom stereocenters. The number of carbonyl (C=O) groups is 2. The zero-order chi connectivity index (χ0) is 14.9. The Morgan fingerprint density at radius 2 is 2.05 bits per heavy atom. The van der Waals surface area contributed by atoms with Crippen molar-refractivity contribution in [1.29, 1.82) is 0 Å². The Balaban J connectivity index is 2.34. The van der Waals surface area contributed by atoms with Crippen LogP contribution in [-0.2, 0) is 7.05 Å². The first-order chi connectivity index (χ1) is 9.38. The predicted octanol–water partition coefficient (Wildman–Crippen LogP) is 2.44. The van der Waals surface area contributed by atoms with E-state index in [1.165, 1.54) is 10.7 Å². The Hall–Kier alpha value is -2.15. The minimum Gasteiger partial charge on any atom is -0.478 e. The SMILES string of the molecule is Cc1cc(C(=O)Nc2cc(Br)ccc2C(=O)O)n(C)n1. The highest BCUT2D eigenvalue weighted by Gasteiger charge is 2.16. The molecular formula is C13H12BrN3O3. The maximum Gasteiger partial charge on any atom is 0.337 e. The molecule has 0 fully saturated rings. The van der Waals surface area contributed by atoms with Gasteiger partial charge in [-0.15, -0.1) is 0 Å². The van der Waals surface area contributed by atoms with Gasteiger partial charge in [0.2, 0.25) is 0 Å². The number of carboxylic acids is 1. The van der Waals surface area contributed by atoms with Crippen LogP contribution in [0.15, 0.2) is 28.7 Å². The lowest BCUT2D eigenvalue weighted by Crippen LogP contribution is -2.18. The number of nitrogens with zero attached hydrogens (tertiary/aromatic N) is 2. The molecule has 0 saturated carbocycles. The molecule has 0 spiro atoms. The lowest BCUT2D eigenvalue weighted by molar-refractivity contribution is 0.0698. The van der Waals surface area contributed by atoms with Crippen molar-refractivity contribution < 1.29 is 14.7 Å². The van der Waals surface area contributed by atoms with Gasteiger partial charge in [0.05, 0.1) is 16.9 Å². The molecular weight excluding hydrogens is 326 g/mol. The van der Waals surface area contributed by atoms with Gasteiger partial charge in [-0.05, 0) is 31.2 Å². The fourth-order valence-corrected chi connectivity index (χ4v) is 2.18. The summed E-state index contributed by atoms with van der Waals surface area (Å²) in [5.41, 5.74) is 1.33. The van der Waals surface area contributed by atoms with Crippen molar-refractivity contribution in [2.75, 3.05) is 5.32 Å². The van der Waals surface area contributed by atoms with E-state index in [9.17, 15) is 9.59 Å². The molecule has 0 saturated heterocycles. The average molecular weight is 338 g/mol. The second kappa shape index (κ2) is 5.46. The van der Waals surface area contributed by atoms with E-state index >= 15 is 0 Å². The van der Waals surface area contributed by atoms with Gasteiger partial charge in [0.15, 0.2) is 0 Å². The third-order valence-corrected chi connectivity index (χ3v) is 3.19. The van der Waals surface area contributed by atoms with Crippen LogP contribution in [0, 0.1) is 6.92 Å². The molecule has 20 heavy (non-hydrogen) atoms. The van der Waals surface area contributed by atoms with Gasteiger partial charge in [0, 0.05) is 11.5 Å². The highest BCUT2D eigenvalue weighted by molar-refractivity contribution is 9.10. The molecule has 6 nitrogen and oxygen atoms in total. The number of anilines is 1. The average Bonchev–Trinajstić information content (AvgIpc) is 2.68. The number of hydrogen-bond donors (Lipinski definition) is 2. The summed E-state index contributed by atoms with van der Waals surface area (Å²) in [6.07, 6.45) is 0. The number of nitrogens with one attached hydrogen (secondary N) is 1. The number of aromatic carboxylic acids is 1. The van der Waals surface area contributed by atoms with Crippen LogP contribution in [0.1, 0.15) is 26.5 Å². The van der Waals surface area contributed by atoms with Gasteiger partial charge in [-0.2, -0.15) is 5.10 Å². The monoisotopic (exact) mass is 337 g/mol. The van der Waals surface area contributed by atoms with Gasteiger partial charge < -0.3 is 10.4 Å². The fourth-order valence-electron chi connectivity index (χ4n) is 1.82. The third-order valence-electron chi connectivity index (χ3n) is 2.69. The first kappa shape index (κ1) is 14.3. The van der Waals surface area contributed by atoms with Gasteiger partial charge in [-0.1, -0.05) is 15.9 Å². The van der Waals surface area contributed by atoms with Crippen LogP contribution >= 0.6 is 15.9 Å². The van der Waals surface area contributed by atoms with Crippen LogP contribution in [-0.4, -0.2) is 26.8 Å². The molecule has 1 aromatic carbocycles. The fraction of sp³-hybridized carbons (Fsp3) is 0.154. The topological polar surface area (TPSA) is 84.2 Å². The standard InChI is InChI=1S/C13H12BrN3O3/c1-7-5-11(17(2)16-7)12(18)15-10-6-8(14)3-4-9(10)13(19)20/h3-6H,1-2H3,(H,15,18)(H,19,20). The van der Waals surface area contributed by atoms with Gasteiger partial charge in [0.25, 0.3) is 5.91 Å². The molecule has 104 valence electrons.